The molecule has 5 heavy (non-hydrogen) atoms. The minimum Gasteiger partial charge on any atom is -0.450 e. The lowest BCUT2D eigenvalue weighted by atomic mass is 10.8. The van der Waals surface area contributed by atoms with Crippen LogP contribution in [-0.2, 0) is 4.74 Å². The highest BCUT2D eigenvalue weighted by Crippen LogP contribution is 1.49. The summed E-state index contributed by atoms with van der Waals surface area (Å²) in [6, 6.07) is 0. The van der Waals surface area contributed by atoms with Gasteiger partial charge in [0.15, 0.2) is 0 Å². The molecule has 0 aromatic carbocycles. The third-order valence-corrected chi connectivity index (χ3v) is 0.204. The van der Waals surface area contributed by atoms with E-state index in [4.69, 9.17) is 0 Å². The van der Waals surface area contributed by atoms with Crippen LogP contribution in [0.15, 0.2) is 0 Å². The second kappa shape index (κ2) is 3.36. The SMILES string of the molecule is CC#COC. The predicted molar refractivity (Wildman–Crippen MR) is 20.5 cm³/mol. The van der Waals surface area contributed by atoms with Crippen molar-refractivity contribution in [3.05, 3.63) is 0 Å². The van der Waals surface area contributed by atoms with Gasteiger partial charge in [0.05, 0.1) is 7.11 Å². The maximum atomic E-state index is 4.33. The van der Waals surface area contributed by atoms with E-state index in [1.165, 1.54) is 7.11 Å². The van der Waals surface area contributed by atoms with Crippen molar-refractivity contribution in [3.8, 4) is 12.0 Å². The molecule has 0 bridgehead atoms. The lowest BCUT2D eigenvalue weighted by Crippen LogP contribution is -1.59. The molecule has 0 spiro atoms. The van der Waals surface area contributed by atoms with Gasteiger partial charge >= 0.3 is 0 Å². The van der Waals surface area contributed by atoms with Crippen LogP contribution in [0.2, 0.25) is 0 Å². The first-order valence-corrected chi connectivity index (χ1v) is 1.36. The van der Waals surface area contributed by atoms with E-state index in [1.54, 1.807) is 6.92 Å². The van der Waals surface area contributed by atoms with Crippen molar-refractivity contribution in [1.29, 1.82) is 0 Å². The average Bonchev–Trinajstić information content (AvgIpc) is 1.41. The van der Waals surface area contributed by atoms with Crippen molar-refractivity contribution < 1.29 is 4.74 Å². The Labute approximate surface area is 31.9 Å². The molecule has 0 rings (SSSR count). The monoisotopic (exact) mass is 70.0 g/mol. The molecular weight excluding hydrogens is 64.0 g/mol. The van der Waals surface area contributed by atoms with Crippen molar-refractivity contribution in [1.82, 2.24) is 0 Å². The summed E-state index contributed by atoms with van der Waals surface area (Å²) in [4.78, 5) is 0. The van der Waals surface area contributed by atoms with Gasteiger partial charge in [-0.2, -0.15) is 0 Å². The van der Waals surface area contributed by atoms with Gasteiger partial charge in [-0.05, 0) is 0 Å². The second-order valence-corrected chi connectivity index (χ2v) is 0.556. The molecule has 0 aliphatic rings. The molecule has 0 amide bonds. The first-order valence-electron chi connectivity index (χ1n) is 1.36. The van der Waals surface area contributed by atoms with E-state index in [0.29, 0.717) is 0 Å². The summed E-state index contributed by atoms with van der Waals surface area (Å²) >= 11 is 0. The average molecular weight is 70.1 g/mol. The molecule has 0 aromatic rings. The van der Waals surface area contributed by atoms with Crippen molar-refractivity contribution >= 4 is 0 Å². The highest BCUT2D eigenvalue weighted by Gasteiger charge is 1.43. The fourth-order valence-electron chi connectivity index (χ4n) is 0.102. The molecule has 28 valence electrons. The third kappa shape index (κ3) is 3.36. The van der Waals surface area contributed by atoms with Gasteiger partial charge in [0.25, 0.3) is 0 Å². The fraction of sp³-hybridized carbons (Fsp3) is 0.500. The molecule has 0 aliphatic carbocycles. The number of hydrogen-bond acceptors (Lipinski definition) is 1. The maximum absolute atomic E-state index is 4.33. The number of ether oxygens (including phenoxy) is 1. The van der Waals surface area contributed by atoms with Gasteiger partial charge in [0, 0.05) is 6.92 Å². The molecule has 0 saturated heterocycles. The lowest BCUT2D eigenvalue weighted by molar-refractivity contribution is 0.372. The fourth-order valence-corrected chi connectivity index (χ4v) is 0.102. The largest absolute Gasteiger partial charge is 0.450 e. The van der Waals surface area contributed by atoms with E-state index in [-0.39, 0.29) is 0 Å². The van der Waals surface area contributed by atoms with Crippen molar-refractivity contribution in [2.75, 3.05) is 7.11 Å². The van der Waals surface area contributed by atoms with Gasteiger partial charge in [-0.25, -0.2) is 0 Å². The summed E-state index contributed by atoms with van der Waals surface area (Å²) in [5.41, 5.74) is 0. The zero-order valence-electron chi connectivity index (χ0n) is 3.41. The normalized spacial score (nSPS) is 4.40. The van der Waals surface area contributed by atoms with Crippen LogP contribution < -0.4 is 0 Å². The Balaban J connectivity index is 2.81. The molecule has 1 heteroatoms. The Kier molecular flexibility index (Phi) is 2.93. The van der Waals surface area contributed by atoms with E-state index < -0.39 is 0 Å². The molecule has 0 aromatic heterocycles. The van der Waals surface area contributed by atoms with E-state index in [1.807, 2.05) is 0 Å². The lowest BCUT2D eigenvalue weighted by Gasteiger charge is -1.69. The van der Waals surface area contributed by atoms with Crippen molar-refractivity contribution in [3.63, 3.8) is 0 Å². The first-order chi connectivity index (χ1) is 2.41. The highest BCUT2D eigenvalue weighted by molar-refractivity contribution is 4.84. The minimum absolute atomic E-state index is 1.54. The van der Waals surface area contributed by atoms with Gasteiger partial charge in [-0.3, -0.25) is 0 Å². The predicted octanol–water partition coefficient (Wildman–Crippen LogP) is 0.614. The second-order valence-electron chi connectivity index (χ2n) is 0.556. The Morgan fingerprint density at radius 3 is 2.20 bits per heavy atom. The summed E-state index contributed by atoms with van der Waals surface area (Å²) in [6.45, 7) is 1.73. The third-order valence-electron chi connectivity index (χ3n) is 0.204. The minimum atomic E-state index is 1.54. The van der Waals surface area contributed by atoms with Gasteiger partial charge in [0.2, 0.25) is 0 Å². The molecule has 1 nitrogen and oxygen atoms in total. The van der Waals surface area contributed by atoms with Crippen LogP contribution in [0.4, 0.5) is 0 Å². The zero-order valence-corrected chi connectivity index (χ0v) is 3.41. The number of hydrogen-bond donors (Lipinski definition) is 0. The van der Waals surface area contributed by atoms with Gasteiger partial charge in [0.1, 0.15) is 6.11 Å². The van der Waals surface area contributed by atoms with Gasteiger partial charge < -0.3 is 4.74 Å². The molecule has 0 radical (unpaired) electrons. The molecule has 0 N–H and O–H groups in total. The van der Waals surface area contributed by atoms with E-state index in [2.05, 4.69) is 16.8 Å². The van der Waals surface area contributed by atoms with E-state index in [9.17, 15) is 0 Å². The Morgan fingerprint density at radius 1 is 1.60 bits per heavy atom. The van der Waals surface area contributed by atoms with Crippen molar-refractivity contribution in [2.24, 2.45) is 0 Å². The Bertz CT molecular complexity index is 55.8. The number of methoxy groups -OCH3 is 1. The van der Waals surface area contributed by atoms with Gasteiger partial charge in [-0.1, -0.05) is 5.92 Å². The summed E-state index contributed by atoms with van der Waals surface area (Å²) in [5, 5.41) is 0. The van der Waals surface area contributed by atoms with Crippen molar-refractivity contribution in [2.45, 2.75) is 6.92 Å². The van der Waals surface area contributed by atoms with Crippen LogP contribution in [0.5, 0.6) is 0 Å². The molecular formula is C4H6O. The number of rotatable bonds is 0. The highest BCUT2D eigenvalue weighted by atomic mass is 16.5. The first kappa shape index (κ1) is 4.36. The Morgan fingerprint density at radius 2 is 2.20 bits per heavy atom. The zero-order chi connectivity index (χ0) is 4.12. The molecule has 0 fully saturated rings. The summed E-state index contributed by atoms with van der Waals surface area (Å²) < 4.78 is 4.33. The van der Waals surface area contributed by atoms with Crippen LogP contribution in [-0.4, -0.2) is 7.11 Å². The van der Waals surface area contributed by atoms with E-state index in [0.717, 1.165) is 0 Å². The molecule has 0 saturated carbocycles. The quantitative estimate of drug-likeness (QED) is 0.379. The van der Waals surface area contributed by atoms with E-state index >= 15 is 0 Å². The van der Waals surface area contributed by atoms with Gasteiger partial charge in [-0.15, -0.1) is 0 Å². The van der Waals surface area contributed by atoms with Crippen LogP contribution in [0.3, 0.4) is 0 Å². The summed E-state index contributed by atoms with van der Waals surface area (Å²) in [6.07, 6.45) is 2.36. The van der Waals surface area contributed by atoms with Crippen LogP contribution >= 0.6 is 0 Å². The topological polar surface area (TPSA) is 9.23 Å². The molecule has 0 atom stereocenters. The Hall–Kier alpha value is -0.640. The molecule has 0 aliphatic heterocycles. The van der Waals surface area contributed by atoms with Crippen LogP contribution in [0, 0.1) is 12.0 Å². The maximum Gasteiger partial charge on any atom is 0.109 e. The summed E-state index contributed by atoms with van der Waals surface area (Å²) in [5.74, 6) is 2.55. The smallest absolute Gasteiger partial charge is 0.109 e. The molecule has 0 unspecified atom stereocenters. The van der Waals surface area contributed by atoms with Crippen LogP contribution in [0.25, 0.3) is 0 Å². The van der Waals surface area contributed by atoms with Crippen LogP contribution in [0.1, 0.15) is 6.92 Å². The summed E-state index contributed by atoms with van der Waals surface area (Å²) in [7, 11) is 1.54. The molecule has 0 heterocycles. The standard InChI is InChI=1S/C4H6O/c1-3-4-5-2/h1-2H3.